The summed E-state index contributed by atoms with van der Waals surface area (Å²) in [4.78, 5) is 28.5. The van der Waals surface area contributed by atoms with Gasteiger partial charge in [0, 0.05) is 31.6 Å². The zero-order chi connectivity index (χ0) is 19.1. The van der Waals surface area contributed by atoms with Crippen LogP contribution in [0.2, 0.25) is 0 Å². The van der Waals surface area contributed by atoms with Crippen LogP contribution in [-0.4, -0.2) is 58.1 Å². The van der Waals surface area contributed by atoms with E-state index in [1.807, 2.05) is 47.1 Å². The molecule has 2 fully saturated rings. The molecule has 1 atom stereocenters. The number of aryl methyl sites for hydroxylation is 1. The van der Waals surface area contributed by atoms with Crippen molar-refractivity contribution in [3.63, 3.8) is 0 Å². The summed E-state index contributed by atoms with van der Waals surface area (Å²) < 4.78 is 6.03. The molecule has 3 aliphatic rings. The fourth-order valence-corrected chi connectivity index (χ4v) is 4.17. The minimum atomic E-state index is 0.0509. The second kappa shape index (κ2) is 6.96. The lowest BCUT2D eigenvalue weighted by Gasteiger charge is -2.33. The number of urea groups is 1. The molecule has 5 rings (SSSR count). The Hall–Kier alpha value is -2.83. The fourth-order valence-electron chi connectivity index (χ4n) is 4.17. The Morgan fingerprint density at radius 1 is 1.07 bits per heavy atom. The summed E-state index contributed by atoms with van der Waals surface area (Å²) in [6.07, 6.45) is 2.12. The Labute approximate surface area is 164 Å². The molecular formula is C21H25N5O2. The van der Waals surface area contributed by atoms with Crippen molar-refractivity contribution in [1.29, 1.82) is 0 Å². The number of para-hydroxylation sites is 1. The van der Waals surface area contributed by atoms with Crippen molar-refractivity contribution < 1.29 is 9.53 Å². The van der Waals surface area contributed by atoms with Crippen molar-refractivity contribution in [3.05, 3.63) is 47.4 Å². The smallest absolute Gasteiger partial charge is 0.320 e. The van der Waals surface area contributed by atoms with E-state index in [-0.39, 0.29) is 12.1 Å². The summed E-state index contributed by atoms with van der Waals surface area (Å²) in [5.41, 5.74) is 2.12. The number of fused-ring (bicyclic) bond motifs is 1. The highest BCUT2D eigenvalue weighted by atomic mass is 16.5. The van der Waals surface area contributed by atoms with Crippen LogP contribution in [0, 0.1) is 6.92 Å². The lowest BCUT2D eigenvalue weighted by Crippen LogP contribution is -2.40. The van der Waals surface area contributed by atoms with Gasteiger partial charge in [-0.15, -0.1) is 0 Å². The number of carbonyl (C=O) groups is 1. The second-order valence-electron chi connectivity index (χ2n) is 7.79. The van der Waals surface area contributed by atoms with Crippen molar-refractivity contribution in [2.75, 3.05) is 31.1 Å². The maximum Gasteiger partial charge on any atom is 0.320 e. The van der Waals surface area contributed by atoms with Crippen molar-refractivity contribution >= 4 is 11.8 Å². The van der Waals surface area contributed by atoms with E-state index in [0.717, 1.165) is 54.7 Å². The average molecular weight is 379 g/mol. The third kappa shape index (κ3) is 3.15. The Bertz CT molecular complexity index is 884. The fraction of sp³-hybridized carbons (Fsp3) is 0.476. The molecule has 7 heteroatoms. The first-order valence-corrected chi connectivity index (χ1v) is 10.0. The molecule has 2 aromatic rings. The zero-order valence-corrected chi connectivity index (χ0v) is 16.2. The zero-order valence-electron chi connectivity index (χ0n) is 16.2. The lowest BCUT2D eigenvalue weighted by molar-refractivity contribution is 0.152. The van der Waals surface area contributed by atoms with E-state index < -0.39 is 0 Å². The largest absolute Gasteiger partial charge is 0.489 e. The van der Waals surface area contributed by atoms with Crippen LogP contribution in [0.5, 0.6) is 5.75 Å². The molecule has 0 aliphatic carbocycles. The Balaban J connectivity index is 1.25. The first-order valence-electron chi connectivity index (χ1n) is 10.0. The van der Waals surface area contributed by atoms with Crippen molar-refractivity contribution in [2.24, 2.45) is 0 Å². The Morgan fingerprint density at radius 2 is 1.89 bits per heavy atom. The van der Waals surface area contributed by atoms with Gasteiger partial charge in [0.2, 0.25) is 0 Å². The van der Waals surface area contributed by atoms with E-state index in [1.165, 1.54) is 6.42 Å². The van der Waals surface area contributed by atoms with Crippen LogP contribution in [0.3, 0.4) is 0 Å². The second-order valence-corrected chi connectivity index (χ2v) is 7.79. The number of rotatable bonds is 3. The van der Waals surface area contributed by atoms with Gasteiger partial charge < -0.3 is 19.4 Å². The number of nitrogens with zero attached hydrogens (tertiary/aromatic N) is 5. The molecule has 1 aromatic carbocycles. The highest BCUT2D eigenvalue weighted by molar-refractivity contribution is 5.76. The number of amides is 2. The van der Waals surface area contributed by atoms with Crippen LogP contribution in [0.4, 0.5) is 10.6 Å². The maximum atomic E-state index is 13.1. The van der Waals surface area contributed by atoms with Gasteiger partial charge in [0.15, 0.2) is 0 Å². The van der Waals surface area contributed by atoms with Crippen LogP contribution in [0.15, 0.2) is 30.3 Å². The first kappa shape index (κ1) is 17.3. The molecule has 0 radical (unpaired) electrons. The highest BCUT2D eigenvalue weighted by Gasteiger charge is 2.36. The maximum absolute atomic E-state index is 13.1. The number of benzene rings is 1. The van der Waals surface area contributed by atoms with Crippen molar-refractivity contribution in [2.45, 2.75) is 39.0 Å². The van der Waals surface area contributed by atoms with Gasteiger partial charge in [-0.1, -0.05) is 18.2 Å². The predicted molar refractivity (Wildman–Crippen MR) is 105 cm³/mol. The minimum Gasteiger partial charge on any atom is -0.489 e. The monoisotopic (exact) mass is 379 g/mol. The molecule has 0 N–H and O–H groups in total. The molecule has 2 amide bonds. The Morgan fingerprint density at radius 3 is 2.64 bits per heavy atom. The number of likely N-dealkylation sites (tertiary alicyclic amines) is 1. The molecule has 146 valence electrons. The van der Waals surface area contributed by atoms with Crippen LogP contribution in [0.1, 0.15) is 29.9 Å². The minimum absolute atomic E-state index is 0.0509. The molecule has 4 heterocycles. The van der Waals surface area contributed by atoms with Gasteiger partial charge in [-0.25, -0.2) is 14.8 Å². The number of anilines is 1. The first-order chi connectivity index (χ1) is 13.7. The van der Waals surface area contributed by atoms with E-state index in [4.69, 9.17) is 4.74 Å². The quantitative estimate of drug-likeness (QED) is 0.820. The number of aromatic nitrogens is 2. The molecule has 2 saturated heterocycles. The van der Waals surface area contributed by atoms with Crippen LogP contribution in [-0.2, 0) is 13.1 Å². The summed E-state index contributed by atoms with van der Waals surface area (Å²) in [5, 5.41) is 0. The van der Waals surface area contributed by atoms with Gasteiger partial charge in [0.25, 0.3) is 0 Å². The lowest BCUT2D eigenvalue weighted by atomic mass is 10.1. The third-order valence-electron chi connectivity index (χ3n) is 5.76. The van der Waals surface area contributed by atoms with Gasteiger partial charge in [0.05, 0.1) is 25.3 Å². The predicted octanol–water partition coefficient (Wildman–Crippen LogP) is 2.58. The summed E-state index contributed by atoms with van der Waals surface area (Å²) in [6.45, 7) is 6.54. The molecule has 3 aliphatic heterocycles. The molecule has 1 aromatic heterocycles. The standard InChI is InChI=1S/C21H25N5O2/c1-15-22-19-14-26(13-18(19)20(23-15)24-9-5-10-24)21(27)25-11-8-17(12-25)28-16-6-3-2-4-7-16/h2-4,6-7,17H,5,8-14H2,1H3. The summed E-state index contributed by atoms with van der Waals surface area (Å²) in [5.74, 6) is 2.67. The van der Waals surface area contributed by atoms with Gasteiger partial charge >= 0.3 is 6.03 Å². The van der Waals surface area contributed by atoms with Crippen LogP contribution >= 0.6 is 0 Å². The number of ether oxygens (including phenoxy) is 1. The number of carbonyl (C=O) groups excluding carboxylic acids is 1. The molecule has 0 bridgehead atoms. The molecule has 7 nitrogen and oxygen atoms in total. The normalized spacial score (nSPS) is 20.9. The molecule has 28 heavy (non-hydrogen) atoms. The number of hydrogen-bond donors (Lipinski definition) is 0. The summed E-state index contributed by atoms with van der Waals surface area (Å²) >= 11 is 0. The summed E-state index contributed by atoms with van der Waals surface area (Å²) in [6, 6.07) is 9.89. The summed E-state index contributed by atoms with van der Waals surface area (Å²) in [7, 11) is 0. The van der Waals surface area contributed by atoms with Crippen molar-refractivity contribution in [3.8, 4) is 5.75 Å². The third-order valence-corrected chi connectivity index (χ3v) is 5.76. The van der Waals surface area contributed by atoms with Crippen molar-refractivity contribution in [1.82, 2.24) is 19.8 Å². The molecular weight excluding hydrogens is 354 g/mol. The van der Waals surface area contributed by atoms with E-state index in [0.29, 0.717) is 19.6 Å². The van der Waals surface area contributed by atoms with Gasteiger partial charge in [-0.3, -0.25) is 0 Å². The van der Waals surface area contributed by atoms with E-state index in [1.54, 1.807) is 0 Å². The van der Waals surface area contributed by atoms with Crippen LogP contribution < -0.4 is 9.64 Å². The van der Waals surface area contributed by atoms with E-state index in [2.05, 4.69) is 14.9 Å². The van der Waals surface area contributed by atoms with Gasteiger partial charge in [-0.05, 0) is 25.5 Å². The molecule has 1 unspecified atom stereocenters. The SMILES string of the molecule is Cc1nc2c(c(N3CCC3)n1)CN(C(=O)N1CCC(Oc3ccccc3)C1)C2. The van der Waals surface area contributed by atoms with Gasteiger partial charge in [0.1, 0.15) is 23.5 Å². The highest BCUT2D eigenvalue weighted by Crippen LogP contribution is 2.32. The molecule has 0 saturated carbocycles. The number of hydrogen-bond acceptors (Lipinski definition) is 5. The van der Waals surface area contributed by atoms with Crippen LogP contribution in [0.25, 0.3) is 0 Å². The van der Waals surface area contributed by atoms with Gasteiger partial charge in [-0.2, -0.15) is 0 Å². The molecule has 0 spiro atoms. The van der Waals surface area contributed by atoms with E-state index in [9.17, 15) is 4.79 Å². The average Bonchev–Trinajstić information content (AvgIpc) is 3.27. The Kier molecular flexibility index (Phi) is 4.30. The topological polar surface area (TPSA) is 61.8 Å². The van der Waals surface area contributed by atoms with E-state index >= 15 is 0 Å².